The Morgan fingerprint density at radius 3 is 2.27 bits per heavy atom. The van der Waals surface area contributed by atoms with Crippen molar-refractivity contribution in [3.63, 3.8) is 0 Å². The molecule has 0 radical (unpaired) electrons. The van der Waals surface area contributed by atoms with Crippen molar-refractivity contribution in [1.29, 1.82) is 0 Å². The van der Waals surface area contributed by atoms with Gasteiger partial charge >= 0.3 is 0 Å². The van der Waals surface area contributed by atoms with Gasteiger partial charge in [0.15, 0.2) is 0 Å². The molecule has 0 aliphatic heterocycles. The van der Waals surface area contributed by atoms with E-state index < -0.39 is 13.9 Å². The summed E-state index contributed by atoms with van der Waals surface area (Å²) >= 11 is 5.98. The Kier molecular flexibility index (Phi) is 4.81. The van der Waals surface area contributed by atoms with Crippen molar-refractivity contribution in [1.82, 2.24) is 0 Å². The smallest absolute Gasteiger partial charge is 0.241 e. The van der Waals surface area contributed by atoms with E-state index in [1.165, 1.54) is 0 Å². The van der Waals surface area contributed by atoms with Crippen molar-refractivity contribution < 1.29 is 9.53 Å². The second-order valence-corrected chi connectivity index (χ2v) is 13.0. The van der Waals surface area contributed by atoms with Gasteiger partial charge in [-0.05, 0) is 67.6 Å². The molecule has 0 spiro atoms. The van der Waals surface area contributed by atoms with Crippen LogP contribution in [-0.2, 0) is 10.0 Å². The fraction of sp³-hybridized carbons (Fsp3) is 0.556. The van der Waals surface area contributed by atoms with Crippen molar-refractivity contribution in [3.05, 3.63) is 46.7 Å². The highest BCUT2D eigenvalue weighted by molar-refractivity contribution is 6.69. The Bertz CT molecular complexity index is 557. The van der Waals surface area contributed by atoms with Gasteiger partial charge in [0.25, 0.3) is 0 Å². The van der Waals surface area contributed by atoms with Gasteiger partial charge < -0.3 is 9.53 Å². The molecule has 1 saturated carbocycles. The average Bonchev–Trinajstić information content (AvgIpc) is 2.40. The molecule has 0 amide bonds. The van der Waals surface area contributed by atoms with Gasteiger partial charge in [-0.3, -0.25) is 0 Å². The quantitative estimate of drug-likeness (QED) is 0.584. The van der Waals surface area contributed by atoms with Crippen LogP contribution in [-0.4, -0.2) is 13.4 Å². The molecule has 2 nitrogen and oxygen atoms in total. The topological polar surface area (TPSA) is 29.5 Å². The number of benzene rings is 1. The lowest BCUT2D eigenvalue weighted by atomic mass is 9.66. The third kappa shape index (κ3) is 4.15. The number of rotatable bonds is 3. The summed E-state index contributed by atoms with van der Waals surface area (Å²) in [5.74, 6) is 0. The molecule has 22 heavy (non-hydrogen) atoms. The first-order chi connectivity index (χ1) is 10.0. The Labute approximate surface area is 140 Å². The summed E-state index contributed by atoms with van der Waals surface area (Å²) in [5, 5.41) is 12.0. The molecular weight excluding hydrogens is 312 g/mol. The van der Waals surface area contributed by atoms with Crippen LogP contribution in [0.1, 0.15) is 38.7 Å². The van der Waals surface area contributed by atoms with E-state index in [2.05, 4.69) is 33.5 Å². The first-order valence-electron chi connectivity index (χ1n) is 7.88. The normalized spacial score (nSPS) is 27.0. The van der Waals surface area contributed by atoms with E-state index in [1.807, 2.05) is 30.5 Å². The second-order valence-electron chi connectivity index (χ2n) is 8.08. The fourth-order valence-electron chi connectivity index (χ4n) is 2.87. The monoisotopic (exact) mass is 338 g/mol. The van der Waals surface area contributed by atoms with Crippen LogP contribution >= 0.6 is 11.6 Å². The van der Waals surface area contributed by atoms with Gasteiger partial charge in [-0.15, -0.1) is 0 Å². The Morgan fingerprint density at radius 1 is 1.14 bits per heavy atom. The van der Waals surface area contributed by atoms with Crippen molar-refractivity contribution in [2.24, 2.45) is 5.41 Å². The molecule has 1 aliphatic rings. The van der Waals surface area contributed by atoms with Crippen LogP contribution in [0, 0.1) is 5.41 Å². The van der Waals surface area contributed by atoms with E-state index in [9.17, 15) is 5.11 Å². The predicted octanol–water partition coefficient (Wildman–Crippen LogP) is 5.47. The summed E-state index contributed by atoms with van der Waals surface area (Å²) in [7, 11) is -1.67. The highest BCUT2D eigenvalue weighted by Crippen LogP contribution is 2.48. The standard InChI is InChI=1S/C18H27ClO2Si/c1-17(2)10-11-18(20,14-6-8-16(19)9-7-14)15(12-17)13-21-22(3,4)5/h6-9,13,20H,10-12H2,1-5H3. The van der Waals surface area contributed by atoms with Crippen LogP contribution in [0.15, 0.2) is 36.1 Å². The molecule has 1 unspecified atom stereocenters. The number of hydrogen-bond donors (Lipinski definition) is 1. The third-order valence-electron chi connectivity index (χ3n) is 4.24. The molecule has 122 valence electrons. The molecule has 4 heteroatoms. The van der Waals surface area contributed by atoms with Gasteiger partial charge in [-0.2, -0.15) is 0 Å². The van der Waals surface area contributed by atoms with Gasteiger partial charge in [0.1, 0.15) is 5.60 Å². The van der Waals surface area contributed by atoms with Crippen LogP contribution in [0.2, 0.25) is 24.7 Å². The van der Waals surface area contributed by atoms with E-state index in [-0.39, 0.29) is 5.41 Å². The van der Waals surface area contributed by atoms with Crippen LogP contribution < -0.4 is 0 Å². The first kappa shape index (κ1) is 17.6. The average molecular weight is 339 g/mol. The van der Waals surface area contributed by atoms with E-state index in [1.54, 1.807) is 0 Å². The largest absolute Gasteiger partial charge is 0.550 e. The van der Waals surface area contributed by atoms with Crippen LogP contribution in [0.5, 0.6) is 0 Å². The predicted molar refractivity (Wildman–Crippen MR) is 95.5 cm³/mol. The number of hydrogen-bond acceptors (Lipinski definition) is 2. The minimum atomic E-state index is -1.67. The maximum atomic E-state index is 11.3. The van der Waals surface area contributed by atoms with Gasteiger partial charge in [0, 0.05) is 5.02 Å². The lowest BCUT2D eigenvalue weighted by Gasteiger charge is -2.43. The van der Waals surface area contributed by atoms with Gasteiger partial charge in [-0.25, -0.2) is 0 Å². The fourth-order valence-corrected chi connectivity index (χ4v) is 3.49. The molecule has 1 N–H and O–H groups in total. The van der Waals surface area contributed by atoms with Gasteiger partial charge in [-0.1, -0.05) is 37.6 Å². The maximum absolute atomic E-state index is 11.3. The lowest BCUT2D eigenvalue weighted by molar-refractivity contribution is 0.0184. The van der Waals surface area contributed by atoms with Gasteiger partial charge in [0.2, 0.25) is 8.32 Å². The van der Waals surface area contributed by atoms with E-state index in [0.29, 0.717) is 11.4 Å². The van der Waals surface area contributed by atoms with E-state index >= 15 is 0 Å². The highest BCUT2D eigenvalue weighted by Gasteiger charge is 2.42. The van der Waals surface area contributed by atoms with Crippen molar-refractivity contribution >= 4 is 19.9 Å². The zero-order valence-corrected chi connectivity index (χ0v) is 16.0. The summed E-state index contributed by atoms with van der Waals surface area (Å²) in [6, 6.07) is 7.52. The zero-order chi connectivity index (χ0) is 16.6. The highest BCUT2D eigenvalue weighted by atomic mass is 35.5. The summed E-state index contributed by atoms with van der Waals surface area (Å²) in [4.78, 5) is 0. The SMILES string of the molecule is CC1(C)CCC(O)(c2ccc(Cl)cc2)C(=CO[Si](C)(C)C)C1. The zero-order valence-electron chi connectivity index (χ0n) is 14.2. The Morgan fingerprint density at radius 2 is 1.73 bits per heavy atom. The first-order valence-corrected chi connectivity index (χ1v) is 11.7. The summed E-state index contributed by atoms with van der Waals surface area (Å²) in [6.45, 7) is 11.0. The molecule has 2 rings (SSSR count). The van der Waals surface area contributed by atoms with Crippen LogP contribution in [0.25, 0.3) is 0 Å². The summed E-state index contributed by atoms with van der Waals surface area (Å²) in [6.07, 6.45) is 4.37. The third-order valence-corrected chi connectivity index (χ3v) is 5.32. The minimum absolute atomic E-state index is 0.188. The van der Waals surface area contributed by atoms with E-state index in [4.69, 9.17) is 16.0 Å². The Hall–Kier alpha value is -0.773. The van der Waals surface area contributed by atoms with Crippen molar-refractivity contribution in [2.75, 3.05) is 0 Å². The Balaban J connectivity index is 2.39. The molecule has 1 aromatic carbocycles. The van der Waals surface area contributed by atoms with Gasteiger partial charge in [0.05, 0.1) is 6.26 Å². The summed E-state index contributed by atoms with van der Waals surface area (Å²) in [5.41, 5.74) is 1.12. The second kappa shape index (κ2) is 6.03. The lowest BCUT2D eigenvalue weighted by Crippen LogP contribution is -2.38. The van der Waals surface area contributed by atoms with E-state index in [0.717, 1.165) is 24.0 Å². The van der Waals surface area contributed by atoms with Crippen molar-refractivity contribution in [3.8, 4) is 0 Å². The molecule has 0 bridgehead atoms. The molecule has 1 aliphatic carbocycles. The molecule has 1 aromatic rings. The summed E-state index contributed by atoms with van der Waals surface area (Å²) < 4.78 is 5.99. The molecule has 0 aromatic heterocycles. The number of aliphatic hydroxyl groups is 1. The maximum Gasteiger partial charge on any atom is 0.241 e. The minimum Gasteiger partial charge on any atom is -0.550 e. The molecule has 1 fully saturated rings. The molecule has 0 heterocycles. The molecule has 0 saturated heterocycles. The van der Waals surface area contributed by atoms with Crippen LogP contribution in [0.3, 0.4) is 0 Å². The molecule has 1 atom stereocenters. The van der Waals surface area contributed by atoms with Crippen LogP contribution in [0.4, 0.5) is 0 Å². The molecular formula is C18H27ClO2Si. The number of halogens is 1. The van der Waals surface area contributed by atoms with Crippen molar-refractivity contribution in [2.45, 2.75) is 58.4 Å².